The predicted molar refractivity (Wildman–Crippen MR) is 80.7 cm³/mol. The third-order valence-electron chi connectivity index (χ3n) is 3.27. The van der Waals surface area contributed by atoms with Gasteiger partial charge in [-0.25, -0.2) is 4.79 Å². The molecule has 0 radical (unpaired) electrons. The van der Waals surface area contributed by atoms with E-state index < -0.39 is 11.9 Å². The zero-order valence-electron chi connectivity index (χ0n) is 12.6. The Morgan fingerprint density at radius 3 is 2.38 bits per heavy atom. The first-order chi connectivity index (χ1) is 9.93. The highest BCUT2D eigenvalue weighted by atomic mass is 16.5. The normalized spacial score (nSPS) is 10.5. The fourth-order valence-electron chi connectivity index (χ4n) is 2.32. The van der Waals surface area contributed by atoms with Crippen molar-refractivity contribution in [2.75, 3.05) is 6.61 Å². The molecule has 2 aromatic carbocycles. The van der Waals surface area contributed by atoms with Gasteiger partial charge in [0.2, 0.25) is 0 Å². The number of hydrogen-bond donors (Lipinski definition) is 0. The average Bonchev–Trinajstić information content (AvgIpc) is 2.42. The minimum Gasteiger partial charge on any atom is -0.462 e. The first kappa shape index (κ1) is 15.0. The molecule has 0 unspecified atom stereocenters. The van der Waals surface area contributed by atoms with Gasteiger partial charge in [0.15, 0.2) is 0 Å². The molecule has 2 rings (SSSR count). The van der Waals surface area contributed by atoms with Crippen LogP contribution in [0.2, 0.25) is 0 Å². The topological polar surface area (TPSA) is 52.6 Å². The van der Waals surface area contributed by atoms with Gasteiger partial charge in [0, 0.05) is 12.3 Å². The molecule has 0 saturated carbocycles. The Hall–Kier alpha value is -2.36. The summed E-state index contributed by atoms with van der Waals surface area (Å²) in [6, 6.07) is 7.29. The minimum atomic E-state index is -0.422. The molecule has 0 amide bonds. The van der Waals surface area contributed by atoms with Gasteiger partial charge in [0.1, 0.15) is 5.75 Å². The first-order valence-corrected chi connectivity index (χ1v) is 6.83. The molecule has 0 heterocycles. The summed E-state index contributed by atoms with van der Waals surface area (Å²) in [6.07, 6.45) is 0. The zero-order chi connectivity index (χ0) is 15.6. The van der Waals surface area contributed by atoms with Gasteiger partial charge < -0.3 is 9.47 Å². The summed E-state index contributed by atoms with van der Waals surface area (Å²) in [5.41, 5.74) is 2.38. The fraction of sp³-hybridized carbons (Fsp3) is 0.294. The molecular formula is C17H18O4. The summed E-state index contributed by atoms with van der Waals surface area (Å²) in [5.74, 6) is -0.448. The molecule has 4 heteroatoms. The lowest BCUT2D eigenvalue weighted by molar-refractivity contribution is -0.131. The molecule has 21 heavy (non-hydrogen) atoms. The van der Waals surface area contributed by atoms with E-state index in [1.54, 1.807) is 19.1 Å². The summed E-state index contributed by atoms with van der Waals surface area (Å²) < 4.78 is 10.3. The van der Waals surface area contributed by atoms with Crippen LogP contribution >= 0.6 is 0 Å². The van der Waals surface area contributed by atoms with Gasteiger partial charge in [-0.15, -0.1) is 0 Å². The molecule has 0 aliphatic carbocycles. The lowest BCUT2D eigenvalue weighted by atomic mass is 9.98. The van der Waals surface area contributed by atoms with Crippen LogP contribution in [0.5, 0.6) is 5.75 Å². The van der Waals surface area contributed by atoms with Crippen LogP contribution in [0, 0.1) is 13.8 Å². The monoisotopic (exact) mass is 286 g/mol. The third-order valence-corrected chi connectivity index (χ3v) is 3.27. The van der Waals surface area contributed by atoms with E-state index in [1.165, 1.54) is 6.92 Å². The lowest BCUT2D eigenvalue weighted by Crippen LogP contribution is -2.08. The quantitative estimate of drug-likeness (QED) is 0.639. The maximum absolute atomic E-state index is 12.0. The number of esters is 2. The summed E-state index contributed by atoms with van der Waals surface area (Å²) in [4.78, 5) is 23.3. The number of aryl methyl sites for hydroxylation is 2. The molecule has 0 aromatic heterocycles. The Morgan fingerprint density at radius 1 is 1.10 bits per heavy atom. The average molecular weight is 286 g/mol. The highest BCUT2D eigenvalue weighted by Gasteiger charge is 2.15. The minimum absolute atomic E-state index is 0.298. The number of ether oxygens (including phenoxy) is 2. The Bertz CT molecular complexity index is 716. The van der Waals surface area contributed by atoms with Crippen LogP contribution in [0.15, 0.2) is 24.3 Å². The molecule has 4 nitrogen and oxygen atoms in total. The van der Waals surface area contributed by atoms with Crippen molar-refractivity contribution in [1.82, 2.24) is 0 Å². The number of rotatable bonds is 3. The van der Waals surface area contributed by atoms with E-state index in [-0.39, 0.29) is 0 Å². The molecule has 0 N–H and O–H groups in total. The van der Waals surface area contributed by atoms with Crippen molar-refractivity contribution in [2.24, 2.45) is 0 Å². The molecule has 0 aliphatic rings. The Labute approximate surface area is 123 Å². The van der Waals surface area contributed by atoms with E-state index in [2.05, 4.69) is 0 Å². The van der Waals surface area contributed by atoms with Crippen molar-refractivity contribution < 1.29 is 19.1 Å². The van der Waals surface area contributed by atoms with Crippen molar-refractivity contribution >= 4 is 22.7 Å². The summed E-state index contributed by atoms with van der Waals surface area (Å²) in [6.45, 7) is 7.29. The van der Waals surface area contributed by atoms with E-state index >= 15 is 0 Å². The number of fused-ring (bicyclic) bond motifs is 1. The van der Waals surface area contributed by atoms with E-state index in [0.717, 1.165) is 21.9 Å². The molecule has 0 fully saturated rings. The van der Waals surface area contributed by atoms with Crippen molar-refractivity contribution in [3.05, 3.63) is 41.0 Å². The van der Waals surface area contributed by atoms with Crippen LogP contribution in [0.3, 0.4) is 0 Å². The second-order valence-electron chi connectivity index (χ2n) is 4.91. The highest BCUT2D eigenvalue weighted by molar-refractivity contribution is 6.01. The fourth-order valence-corrected chi connectivity index (χ4v) is 2.32. The van der Waals surface area contributed by atoms with E-state index in [4.69, 9.17) is 9.47 Å². The van der Waals surface area contributed by atoms with Crippen LogP contribution in [-0.2, 0) is 9.53 Å². The number of carbonyl (C=O) groups excluding carboxylic acids is 2. The molecule has 0 spiro atoms. The van der Waals surface area contributed by atoms with Gasteiger partial charge in [-0.2, -0.15) is 0 Å². The van der Waals surface area contributed by atoms with Gasteiger partial charge in [-0.3, -0.25) is 4.79 Å². The molecule has 0 saturated heterocycles. The van der Waals surface area contributed by atoms with Gasteiger partial charge in [0.25, 0.3) is 0 Å². The molecule has 110 valence electrons. The van der Waals surface area contributed by atoms with Crippen molar-refractivity contribution in [3.8, 4) is 5.75 Å². The largest absolute Gasteiger partial charge is 0.462 e. The Kier molecular flexibility index (Phi) is 4.26. The number of benzene rings is 2. The molecular weight excluding hydrogens is 268 g/mol. The standard InChI is InChI=1S/C17H18O4/c1-5-20-17(19)13-8-14-10(2)6-7-11(3)16(14)15(9-13)21-12(4)18/h6-9H,5H2,1-4H3. The van der Waals surface area contributed by atoms with Gasteiger partial charge in [-0.1, -0.05) is 12.1 Å². The maximum Gasteiger partial charge on any atom is 0.338 e. The van der Waals surface area contributed by atoms with Crippen LogP contribution < -0.4 is 4.74 Å². The molecule has 0 aliphatic heterocycles. The first-order valence-electron chi connectivity index (χ1n) is 6.83. The predicted octanol–water partition coefficient (Wildman–Crippen LogP) is 3.56. The highest BCUT2D eigenvalue weighted by Crippen LogP contribution is 2.33. The molecule has 2 aromatic rings. The second kappa shape index (κ2) is 5.95. The van der Waals surface area contributed by atoms with Crippen LogP contribution in [0.25, 0.3) is 10.8 Å². The number of hydrogen-bond acceptors (Lipinski definition) is 4. The zero-order valence-corrected chi connectivity index (χ0v) is 12.6. The second-order valence-corrected chi connectivity index (χ2v) is 4.91. The summed E-state index contributed by atoms with van der Waals surface area (Å²) >= 11 is 0. The van der Waals surface area contributed by atoms with Gasteiger partial charge >= 0.3 is 11.9 Å². The van der Waals surface area contributed by atoms with E-state index in [9.17, 15) is 9.59 Å². The van der Waals surface area contributed by atoms with Crippen LogP contribution in [-0.4, -0.2) is 18.5 Å². The van der Waals surface area contributed by atoms with Crippen molar-refractivity contribution in [1.29, 1.82) is 0 Å². The van der Waals surface area contributed by atoms with Crippen LogP contribution in [0.1, 0.15) is 35.3 Å². The smallest absolute Gasteiger partial charge is 0.338 e. The lowest BCUT2D eigenvalue weighted by Gasteiger charge is -2.13. The van der Waals surface area contributed by atoms with Crippen molar-refractivity contribution in [3.63, 3.8) is 0 Å². The van der Waals surface area contributed by atoms with Crippen molar-refractivity contribution in [2.45, 2.75) is 27.7 Å². The maximum atomic E-state index is 12.0. The Morgan fingerprint density at radius 2 is 1.76 bits per heavy atom. The summed E-state index contributed by atoms with van der Waals surface area (Å²) in [5, 5.41) is 1.73. The molecule has 0 bridgehead atoms. The Balaban J connectivity index is 2.73. The van der Waals surface area contributed by atoms with Gasteiger partial charge in [0.05, 0.1) is 12.2 Å². The summed E-state index contributed by atoms with van der Waals surface area (Å²) in [7, 11) is 0. The van der Waals surface area contributed by atoms with Crippen LogP contribution in [0.4, 0.5) is 0 Å². The SMILES string of the molecule is CCOC(=O)c1cc(OC(C)=O)c2c(C)ccc(C)c2c1. The van der Waals surface area contributed by atoms with E-state index in [0.29, 0.717) is 17.9 Å². The van der Waals surface area contributed by atoms with E-state index in [1.807, 2.05) is 26.0 Å². The number of carbonyl (C=O) groups is 2. The third kappa shape index (κ3) is 3.05. The molecule has 0 atom stereocenters. The van der Waals surface area contributed by atoms with Gasteiger partial charge in [-0.05, 0) is 49.4 Å².